The van der Waals surface area contributed by atoms with E-state index in [1.807, 2.05) is 13.2 Å². The molecule has 1 saturated heterocycles. The molecule has 5 atom stereocenters. The van der Waals surface area contributed by atoms with Crippen molar-refractivity contribution in [3.63, 3.8) is 0 Å². The maximum atomic E-state index is 11.1. The third-order valence-corrected chi connectivity index (χ3v) is 5.45. The van der Waals surface area contributed by atoms with Crippen molar-refractivity contribution < 1.29 is 23.4 Å². The first-order valence-electron chi connectivity index (χ1n) is 9.07. The molecule has 0 radical (unpaired) electrons. The molecule has 4 heterocycles. The van der Waals surface area contributed by atoms with E-state index in [0.29, 0.717) is 18.1 Å². The van der Waals surface area contributed by atoms with Gasteiger partial charge in [-0.2, -0.15) is 18.2 Å². The van der Waals surface area contributed by atoms with Gasteiger partial charge in [0.2, 0.25) is 0 Å². The molecule has 1 unspecified atom stereocenters. The maximum Gasteiger partial charge on any atom is 0.274 e. The summed E-state index contributed by atoms with van der Waals surface area (Å²) < 4.78 is 31.6. The molecule has 0 aromatic carbocycles. The van der Waals surface area contributed by atoms with Gasteiger partial charge in [-0.05, 0) is 0 Å². The Morgan fingerprint density at radius 1 is 1.37 bits per heavy atom. The molecule has 4 rings (SSSR count). The van der Waals surface area contributed by atoms with Gasteiger partial charge in [0.05, 0.1) is 18.9 Å². The molecule has 0 aliphatic carbocycles. The fraction of sp³-hybridized carbons (Fsp3) is 0.533. The van der Waals surface area contributed by atoms with E-state index in [1.54, 1.807) is 15.8 Å². The third-order valence-electron chi connectivity index (χ3n) is 4.88. The molecule has 0 bridgehead atoms. The molecule has 1 aromatic rings. The molecule has 15 heteroatoms. The van der Waals surface area contributed by atoms with Gasteiger partial charge >= 0.3 is 0 Å². The average molecular weight is 441 g/mol. The van der Waals surface area contributed by atoms with E-state index in [9.17, 15) is 18.6 Å². The Hall–Kier alpha value is -2.56. The monoisotopic (exact) mass is 441 g/mol. The third kappa shape index (κ3) is 4.16. The van der Waals surface area contributed by atoms with Crippen molar-refractivity contribution in [1.29, 1.82) is 0 Å². The van der Waals surface area contributed by atoms with E-state index in [2.05, 4.69) is 30.4 Å². The summed E-state index contributed by atoms with van der Waals surface area (Å²) in [5, 5.41) is 36.0. The number of nitrogens with two attached hydrogens (primary N) is 1. The Balaban J connectivity index is 1.45. The Labute approximate surface area is 172 Å². The SMILES string of the molecule is Cn1cc(CNC2=C3N=CN([C@@H]4O[C@H](CNS(N)(=O)=O)[C@@H](O)[C@H]4O)C3N=CN2)cn1. The second kappa shape index (κ2) is 7.93. The van der Waals surface area contributed by atoms with E-state index < -0.39 is 40.9 Å². The maximum absolute atomic E-state index is 11.1. The summed E-state index contributed by atoms with van der Waals surface area (Å²) >= 11 is 0. The van der Waals surface area contributed by atoms with Gasteiger partial charge in [-0.3, -0.25) is 4.68 Å². The van der Waals surface area contributed by atoms with Crippen molar-refractivity contribution in [2.24, 2.45) is 22.2 Å². The van der Waals surface area contributed by atoms with E-state index in [0.717, 1.165) is 5.56 Å². The van der Waals surface area contributed by atoms with E-state index in [-0.39, 0.29) is 6.54 Å². The quantitative estimate of drug-likeness (QED) is 0.246. The summed E-state index contributed by atoms with van der Waals surface area (Å²) in [6.45, 7) is 0.229. The lowest BCUT2D eigenvalue weighted by atomic mass is 10.1. The summed E-state index contributed by atoms with van der Waals surface area (Å²) in [5.41, 5.74) is 1.56. The zero-order valence-electron chi connectivity index (χ0n) is 16.0. The molecule has 0 spiro atoms. The van der Waals surface area contributed by atoms with Crippen molar-refractivity contribution in [2.75, 3.05) is 6.54 Å². The van der Waals surface area contributed by atoms with Crippen molar-refractivity contribution in [2.45, 2.75) is 37.3 Å². The highest BCUT2D eigenvalue weighted by atomic mass is 32.2. The molecule has 14 nitrogen and oxygen atoms in total. The second-order valence-electron chi connectivity index (χ2n) is 7.06. The van der Waals surface area contributed by atoms with Gasteiger partial charge in [0.25, 0.3) is 10.2 Å². The number of nitrogens with zero attached hydrogens (tertiary/aromatic N) is 5. The Morgan fingerprint density at radius 3 is 2.87 bits per heavy atom. The summed E-state index contributed by atoms with van der Waals surface area (Å²) in [6.07, 6.45) is 1.42. The molecule has 0 amide bonds. The molecule has 1 fully saturated rings. The lowest BCUT2D eigenvalue weighted by Crippen LogP contribution is -2.48. The van der Waals surface area contributed by atoms with Crippen LogP contribution >= 0.6 is 0 Å². The highest BCUT2D eigenvalue weighted by molar-refractivity contribution is 7.87. The van der Waals surface area contributed by atoms with Crippen LogP contribution in [-0.2, 0) is 28.5 Å². The zero-order chi connectivity index (χ0) is 21.5. The average Bonchev–Trinajstić information content (AvgIpc) is 3.37. The molecule has 0 saturated carbocycles. The van der Waals surface area contributed by atoms with Crippen LogP contribution in [0.15, 0.2) is 33.9 Å². The van der Waals surface area contributed by atoms with Gasteiger partial charge in [-0.15, -0.1) is 0 Å². The second-order valence-corrected chi connectivity index (χ2v) is 8.44. The normalized spacial score (nSPS) is 30.7. The predicted molar refractivity (Wildman–Crippen MR) is 105 cm³/mol. The highest BCUT2D eigenvalue weighted by Gasteiger charge is 2.48. The van der Waals surface area contributed by atoms with Crippen molar-refractivity contribution in [1.82, 2.24) is 30.0 Å². The Morgan fingerprint density at radius 2 is 2.17 bits per heavy atom. The number of aliphatic imine (C=N–C) groups is 2. The van der Waals surface area contributed by atoms with Crippen LogP contribution in [0, 0.1) is 0 Å². The van der Waals surface area contributed by atoms with Gasteiger partial charge < -0.3 is 30.5 Å². The number of aromatic nitrogens is 2. The van der Waals surface area contributed by atoms with E-state index >= 15 is 0 Å². The number of ether oxygens (including phenoxy) is 1. The largest absolute Gasteiger partial charge is 0.387 e. The minimum Gasteiger partial charge on any atom is -0.387 e. The lowest BCUT2D eigenvalue weighted by Gasteiger charge is -2.31. The summed E-state index contributed by atoms with van der Waals surface area (Å²) in [6, 6.07) is 0. The molecule has 3 aliphatic heterocycles. The molecule has 3 aliphatic rings. The molecule has 7 N–H and O–H groups in total. The summed E-state index contributed by atoms with van der Waals surface area (Å²) in [4.78, 5) is 10.3. The van der Waals surface area contributed by atoms with Crippen LogP contribution in [0.5, 0.6) is 0 Å². The van der Waals surface area contributed by atoms with Gasteiger partial charge in [0.15, 0.2) is 12.4 Å². The fourth-order valence-corrected chi connectivity index (χ4v) is 3.83. The Bertz CT molecular complexity index is 990. The van der Waals surface area contributed by atoms with Crippen LogP contribution in [0.2, 0.25) is 0 Å². The van der Waals surface area contributed by atoms with Crippen molar-refractivity contribution >= 4 is 22.9 Å². The first-order valence-corrected chi connectivity index (χ1v) is 10.6. The molecule has 30 heavy (non-hydrogen) atoms. The van der Waals surface area contributed by atoms with Gasteiger partial charge in [-0.25, -0.2) is 15.1 Å². The molecular formula is C15H23N9O5S. The fourth-order valence-electron chi connectivity index (χ4n) is 3.43. The standard InChI is InChI=1S/C15H23N9O5S/c1-23-5-8(3-21-23)2-17-13-10-14(19-6-18-13)24(7-20-10)15-12(26)11(25)9(29-15)4-22-30(16,27)28/h3,5-7,9,11-12,14-15,17,22,25-26H,2,4H2,1H3,(H,18,19)(H2,16,27,28)/t9-,11-,12-,14?,15-/m1/s1. The Kier molecular flexibility index (Phi) is 5.48. The lowest BCUT2D eigenvalue weighted by molar-refractivity contribution is -0.0629. The van der Waals surface area contributed by atoms with Gasteiger partial charge in [0, 0.05) is 31.9 Å². The van der Waals surface area contributed by atoms with Crippen LogP contribution in [0.3, 0.4) is 0 Å². The van der Waals surface area contributed by atoms with Crippen LogP contribution in [0.4, 0.5) is 0 Å². The minimum atomic E-state index is -3.96. The first kappa shape index (κ1) is 20.7. The van der Waals surface area contributed by atoms with Gasteiger partial charge in [0.1, 0.15) is 29.8 Å². The van der Waals surface area contributed by atoms with Crippen LogP contribution in [-0.4, -0.2) is 83.2 Å². The van der Waals surface area contributed by atoms with Crippen molar-refractivity contribution in [3.05, 3.63) is 29.5 Å². The van der Waals surface area contributed by atoms with E-state index in [1.165, 1.54) is 12.7 Å². The number of aryl methyl sites for hydroxylation is 1. The number of aliphatic hydroxyl groups excluding tert-OH is 2. The number of fused-ring (bicyclic) bond motifs is 1. The summed E-state index contributed by atoms with van der Waals surface area (Å²) in [5.74, 6) is 0.637. The predicted octanol–water partition coefficient (Wildman–Crippen LogP) is -3.78. The van der Waals surface area contributed by atoms with Crippen LogP contribution < -0.4 is 20.5 Å². The van der Waals surface area contributed by atoms with E-state index in [4.69, 9.17) is 9.88 Å². The molecular weight excluding hydrogens is 418 g/mol. The van der Waals surface area contributed by atoms with Crippen LogP contribution in [0.25, 0.3) is 0 Å². The number of hydrogen-bond acceptors (Lipinski definition) is 11. The minimum absolute atomic E-state index is 0.283. The number of hydrogen-bond donors (Lipinski definition) is 6. The zero-order valence-corrected chi connectivity index (χ0v) is 16.8. The number of rotatable bonds is 7. The first-order chi connectivity index (χ1) is 14.2. The highest BCUT2D eigenvalue weighted by Crippen LogP contribution is 2.31. The van der Waals surface area contributed by atoms with Gasteiger partial charge in [-0.1, -0.05) is 0 Å². The molecule has 1 aromatic heterocycles. The molecule has 164 valence electrons. The summed E-state index contributed by atoms with van der Waals surface area (Å²) in [7, 11) is -2.13. The van der Waals surface area contributed by atoms with Crippen molar-refractivity contribution in [3.8, 4) is 0 Å². The van der Waals surface area contributed by atoms with Crippen LogP contribution in [0.1, 0.15) is 5.56 Å². The number of aliphatic hydroxyl groups is 2. The topological polar surface area (TPSA) is 192 Å². The smallest absolute Gasteiger partial charge is 0.274 e. The number of nitrogens with one attached hydrogen (secondary N) is 3.